The lowest BCUT2D eigenvalue weighted by Gasteiger charge is -2.20. The van der Waals surface area contributed by atoms with Crippen LogP contribution in [0.25, 0.3) is 0 Å². The van der Waals surface area contributed by atoms with Crippen molar-refractivity contribution in [2.75, 3.05) is 13.1 Å². The van der Waals surface area contributed by atoms with E-state index in [2.05, 4.69) is 23.3 Å². The molecule has 0 fully saturated rings. The first-order valence-corrected chi connectivity index (χ1v) is 7.50. The maximum absolute atomic E-state index is 12.1. The number of amides is 1. The molecule has 0 heterocycles. The van der Waals surface area contributed by atoms with Crippen LogP contribution < -0.4 is 10.1 Å². The first-order valence-electron chi connectivity index (χ1n) is 6.02. The molecular weight excluding hydrogens is 330 g/mol. The Bertz CT molecular complexity index is 593. The SMILES string of the molecule is C=CCNC(=O)ON(CC=C)NS(=O)(=O)c1ccccc1.Cl. The van der Waals surface area contributed by atoms with E-state index in [-0.39, 0.29) is 30.4 Å². The van der Waals surface area contributed by atoms with E-state index < -0.39 is 16.1 Å². The number of halogens is 1. The van der Waals surface area contributed by atoms with Gasteiger partial charge < -0.3 is 10.2 Å². The minimum absolute atomic E-state index is 0. The molecule has 1 aromatic carbocycles. The fourth-order valence-corrected chi connectivity index (χ4v) is 2.29. The Morgan fingerprint density at radius 2 is 1.86 bits per heavy atom. The summed E-state index contributed by atoms with van der Waals surface area (Å²) in [5.74, 6) is 0. The quantitative estimate of drug-likeness (QED) is 0.551. The van der Waals surface area contributed by atoms with Crippen molar-refractivity contribution in [2.45, 2.75) is 4.90 Å². The lowest BCUT2D eigenvalue weighted by molar-refractivity contribution is -0.110. The Kier molecular flexibility index (Phi) is 9.11. The van der Waals surface area contributed by atoms with Crippen molar-refractivity contribution in [3.8, 4) is 0 Å². The van der Waals surface area contributed by atoms with Gasteiger partial charge in [-0.3, -0.25) is 0 Å². The maximum atomic E-state index is 12.1. The Labute approximate surface area is 136 Å². The van der Waals surface area contributed by atoms with Crippen LogP contribution in [0.1, 0.15) is 0 Å². The number of rotatable bonds is 8. The second kappa shape index (κ2) is 9.96. The van der Waals surface area contributed by atoms with Crippen molar-refractivity contribution >= 4 is 28.5 Å². The zero-order chi connectivity index (χ0) is 15.7. The predicted molar refractivity (Wildman–Crippen MR) is 85.6 cm³/mol. The molecule has 7 nitrogen and oxygen atoms in total. The van der Waals surface area contributed by atoms with Crippen LogP contribution in [0.2, 0.25) is 0 Å². The van der Waals surface area contributed by atoms with Gasteiger partial charge in [-0.2, -0.15) is 0 Å². The maximum Gasteiger partial charge on any atom is 0.427 e. The Balaban J connectivity index is 0.00000441. The van der Waals surface area contributed by atoms with Gasteiger partial charge in [0, 0.05) is 6.54 Å². The van der Waals surface area contributed by atoms with E-state index in [0.717, 1.165) is 5.17 Å². The van der Waals surface area contributed by atoms with Crippen molar-refractivity contribution in [2.24, 2.45) is 0 Å². The van der Waals surface area contributed by atoms with Crippen molar-refractivity contribution in [3.05, 3.63) is 55.6 Å². The average Bonchev–Trinajstić information content (AvgIpc) is 2.46. The minimum atomic E-state index is -3.84. The van der Waals surface area contributed by atoms with Gasteiger partial charge >= 0.3 is 6.09 Å². The minimum Gasteiger partial charge on any atom is -0.334 e. The van der Waals surface area contributed by atoms with Crippen molar-refractivity contribution in [1.82, 2.24) is 15.3 Å². The number of nitrogens with one attached hydrogen (secondary N) is 2. The number of hydrogen-bond donors (Lipinski definition) is 2. The second-order valence-corrected chi connectivity index (χ2v) is 5.47. The molecular formula is C13H18ClN3O4S. The van der Waals surface area contributed by atoms with Gasteiger partial charge in [-0.05, 0) is 12.1 Å². The molecule has 0 bridgehead atoms. The van der Waals surface area contributed by atoms with E-state index in [4.69, 9.17) is 4.84 Å². The third-order valence-corrected chi connectivity index (χ3v) is 3.49. The summed E-state index contributed by atoms with van der Waals surface area (Å²) in [6, 6.07) is 7.71. The zero-order valence-corrected chi connectivity index (χ0v) is 13.4. The summed E-state index contributed by atoms with van der Waals surface area (Å²) in [6.45, 7) is 7.08. The number of carbonyl (C=O) groups is 1. The molecule has 0 unspecified atom stereocenters. The monoisotopic (exact) mass is 347 g/mol. The molecule has 0 aliphatic heterocycles. The molecule has 0 aliphatic rings. The highest BCUT2D eigenvalue weighted by Gasteiger charge is 2.20. The molecule has 0 saturated heterocycles. The van der Waals surface area contributed by atoms with Gasteiger partial charge in [0.25, 0.3) is 10.0 Å². The van der Waals surface area contributed by atoms with Crippen LogP contribution in [0.5, 0.6) is 0 Å². The first-order chi connectivity index (χ1) is 9.99. The molecule has 1 aromatic rings. The third-order valence-electron chi connectivity index (χ3n) is 2.15. The lowest BCUT2D eigenvalue weighted by atomic mass is 10.4. The highest BCUT2D eigenvalue weighted by molar-refractivity contribution is 7.89. The molecule has 0 saturated carbocycles. The summed E-state index contributed by atoms with van der Waals surface area (Å²) >= 11 is 0. The van der Waals surface area contributed by atoms with E-state index in [1.54, 1.807) is 18.2 Å². The number of carbonyl (C=O) groups excluding carboxylic acids is 1. The van der Waals surface area contributed by atoms with Gasteiger partial charge in [0.15, 0.2) is 0 Å². The van der Waals surface area contributed by atoms with Gasteiger partial charge in [-0.25, -0.2) is 13.2 Å². The normalized spacial score (nSPS) is 10.4. The number of benzene rings is 1. The number of hydrogen-bond acceptors (Lipinski definition) is 5. The Morgan fingerprint density at radius 1 is 1.23 bits per heavy atom. The van der Waals surface area contributed by atoms with Crippen molar-refractivity contribution < 1.29 is 18.0 Å². The van der Waals surface area contributed by atoms with Gasteiger partial charge in [-0.15, -0.1) is 30.4 Å². The van der Waals surface area contributed by atoms with Crippen LogP contribution in [0.3, 0.4) is 0 Å². The fourth-order valence-electron chi connectivity index (χ4n) is 1.28. The molecule has 0 spiro atoms. The lowest BCUT2D eigenvalue weighted by Crippen LogP contribution is -2.45. The summed E-state index contributed by atoms with van der Waals surface area (Å²) in [5, 5.41) is 3.13. The third kappa shape index (κ3) is 6.72. The summed E-state index contributed by atoms with van der Waals surface area (Å²) in [5.41, 5.74) is 0. The van der Waals surface area contributed by atoms with Crippen LogP contribution in [-0.2, 0) is 14.9 Å². The van der Waals surface area contributed by atoms with Crippen LogP contribution in [0.4, 0.5) is 4.79 Å². The summed E-state index contributed by atoms with van der Waals surface area (Å²) in [4.78, 5) is 18.4. The Morgan fingerprint density at radius 3 is 2.41 bits per heavy atom. The van der Waals surface area contributed by atoms with Gasteiger partial charge in [0.05, 0.1) is 11.4 Å². The van der Waals surface area contributed by atoms with E-state index >= 15 is 0 Å². The number of nitrogens with zero attached hydrogens (tertiary/aromatic N) is 1. The molecule has 0 radical (unpaired) electrons. The molecule has 0 atom stereocenters. The molecule has 1 rings (SSSR count). The first kappa shape index (κ1) is 20.1. The second-order valence-electron chi connectivity index (χ2n) is 3.81. The number of hydroxylamine groups is 1. The van der Waals surface area contributed by atoms with E-state index in [1.165, 1.54) is 24.3 Å². The molecule has 0 aliphatic carbocycles. The topological polar surface area (TPSA) is 87.7 Å². The van der Waals surface area contributed by atoms with Gasteiger partial charge in [0.1, 0.15) is 0 Å². The number of hydrazine groups is 1. The zero-order valence-electron chi connectivity index (χ0n) is 11.8. The smallest absolute Gasteiger partial charge is 0.334 e. The predicted octanol–water partition coefficient (Wildman–Crippen LogP) is 1.62. The number of sulfonamides is 1. The van der Waals surface area contributed by atoms with Crippen LogP contribution in [-0.4, -0.2) is 32.8 Å². The van der Waals surface area contributed by atoms with Crippen LogP contribution in [0.15, 0.2) is 60.5 Å². The highest BCUT2D eigenvalue weighted by Crippen LogP contribution is 2.08. The van der Waals surface area contributed by atoms with Crippen LogP contribution in [0, 0.1) is 0 Å². The molecule has 2 N–H and O–H groups in total. The molecule has 0 aromatic heterocycles. The average molecular weight is 348 g/mol. The standard InChI is InChI=1S/C13H17N3O4S.ClH/c1-3-10-14-13(17)20-16(11-4-2)15-21(18,19)12-8-6-5-7-9-12;/h3-9,15H,1-2,10-11H2,(H,14,17);1H. The fraction of sp³-hybridized carbons (Fsp3) is 0.154. The summed E-state index contributed by atoms with van der Waals surface area (Å²) < 4.78 is 24.2. The van der Waals surface area contributed by atoms with Crippen molar-refractivity contribution in [3.63, 3.8) is 0 Å². The summed E-state index contributed by atoms with van der Waals surface area (Å²) in [7, 11) is -3.84. The van der Waals surface area contributed by atoms with E-state index in [0.29, 0.717) is 0 Å². The molecule has 122 valence electrons. The Hall–Kier alpha value is -1.87. The van der Waals surface area contributed by atoms with Crippen molar-refractivity contribution in [1.29, 1.82) is 0 Å². The largest absolute Gasteiger partial charge is 0.427 e. The highest BCUT2D eigenvalue weighted by atomic mass is 35.5. The van der Waals surface area contributed by atoms with E-state index in [9.17, 15) is 13.2 Å². The van der Waals surface area contributed by atoms with Crippen LogP contribution >= 0.6 is 12.4 Å². The van der Waals surface area contributed by atoms with E-state index in [1.807, 2.05) is 0 Å². The summed E-state index contributed by atoms with van der Waals surface area (Å²) in [6.07, 6.45) is 2.04. The molecule has 9 heteroatoms. The van der Waals surface area contributed by atoms with Gasteiger partial charge in [0.2, 0.25) is 0 Å². The molecule has 1 amide bonds. The molecule has 22 heavy (non-hydrogen) atoms. The van der Waals surface area contributed by atoms with Gasteiger partial charge in [-0.1, -0.05) is 35.5 Å².